The summed E-state index contributed by atoms with van der Waals surface area (Å²) in [6.07, 6.45) is 0. The van der Waals surface area contributed by atoms with Gasteiger partial charge in [0, 0.05) is 22.4 Å². The van der Waals surface area contributed by atoms with Crippen LogP contribution in [0.1, 0.15) is 6.92 Å². The molecule has 2 amide bonds. The molecule has 2 N–H and O–H groups in total. The van der Waals surface area contributed by atoms with E-state index in [0.717, 1.165) is 9.26 Å². The van der Waals surface area contributed by atoms with Crippen molar-refractivity contribution in [3.63, 3.8) is 0 Å². The molecule has 0 aliphatic rings. The molecule has 0 saturated carbocycles. The maximum absolute atomic E-state index is 11.4. The molecule has 0 unspecified atom stereocenters. The minimum absolute atomic E-state index is 0.207. The molecule has 1 rings (SSSR count). The molecule has 0 fully saturated rings. The highest BCUT2D eigenvalue weighted by atomic mass is 127. The van der Waals surface area contributed by atoms with Crippen LogP contribution < -0.4 is 10.6 Å². The average molecular weight is 334 g/mol. The van der Waals surface area contributed by atoms with E-state index < -0.39 is 0 Å². The summed E-state index contributed by atoms with van der Waals surface area (Å²) in [6, 6.07) is 7.40. The Morgan fingerprint density at radius 2 is 2.06 bits per heavy atom. The number of ether oxygens (including phenoxy) is 1. The van der Waals surface area contributed by atoms with Crippen LogP contribution >= 0.6 is 22.6 Å². The van der Waals surface area contributed by atoms with E-state index in [1.165, 1.54) is 0 Å². The van der Waals surface area contributed by atoms with Crippen molar-refractivity contribution in [2.75, 3.05) is 25.1 Å². The molecule has 16 heavy (non-hydrogen) atoms. The Bertz CT molecular complexity index is 327. The minimum Gasteiger partial charge on any atom is -0.380 e. The van der Waals surface area contributed by atoms with E-state index in [-0.39, 0.29) is 6.03 Å². The van der Waals surface area contributed by atoms with Gasteiger partial charge < -0.3 is 15.4 Å². The van der Waals surface area contributed by atoms with Crippen molar-refractivity contribution in [3.8, 4) is 0 Å². The third-order valence-electron chi connectivity index (χ3n) is 1.84. The first-order valence-corrected chi connectivity index (χ1v) is 6.18. The molecule has 1 aromatic rings. The Balaban J connectivity index is 2.26. The number of urea groups is 1. The van der Waals surface area contributed by atoms with Gasteiger partial charge in [0.1, 0.15) is 0 Å². The summed E-state index contributed by atoms with van der Waals surface area (Å²) in [5, 5.41) is 5.44. The predicted octanol–water partition coefficient (Wildman–Crippen LogP) is 2.45. The lowest BCUT2D eigenvalue weighted by molar-refractivity contribution is 0.150. The summed E-state index contributed by atoms with van der Waals surface area (Å²) >= 11 is 2.22. The van der Waals surface area contributed by atoms with Gasteiger partial charge in [0.25, 0.3) is 0 Å². The van der Waals surface area contributed by atoms with Gasteiger partial charge >= 0.3 is 6.03 Å². The molecule has 5 heteroatoms. The molecule has 0 saturated heterocycles. The number of halogens is 1. The standard InChI is InChI=1S/C11H15IN2O2/c1-2-16-8-7-13-11(15)14-10-5-3-9(12)4-6-10/h3-6H,2,7-8H2,1H3,(H2,13,14,15). The molecule has 0 atom stereocenters. The lowest BCUT2D eigenvalue weighted by Gasteiger charge is -2.07. The predicted molar refractivity (Wildman–Crippen MR) is 72.7 cm³/mol. The van der Waals surface area contributed by atoms with Crippen molar-refractivity contribution in [2.45, 2.75) is 6.92 Å². The number of amides is 2. The number of carbonyl (C=O) groups is 1. The number of benzene rings is 1. The van der Waals surface area contributed by atoms with Crippen molar-refractivity contribution >= 4 is 34.3 Å². The summed E-state index contributed by atoms with van der Waals surface area (Å²) in [6.45, 7) is 3.65. The van der Waals surface area contributed by atoms with E-state index in [2.05, 4.69) is 33.2 Å². The zero-order valence-corrected chi connectivity index (χ0v) is 11.3. The first-order chi connectivity index (χ1) is 7.72. The van der Waals surface area contributed by atoms with Crippen molar-refractivity contribution in [1.82, 2.24) is 5.32 Å². The average Bonchev–Trinajstić information content (AvgIpc) is 2.28. The quantitative estimate of drug-likeness (QED) is 0.642. The summed E-state index contributed by atoms with van der Waals surface area (Å²) in [5.74, 6) is 0. The highest BCUT2D eigenvalue weighted by Gasteiger charge is 1.99. The highest BCUT2D eigenvalue weighted by Crippen LogP contribution is 2.10. The maximum atomic E-state index is 11.4. The molecule has 4 nitrogen and oxygen atoms in total. The molecule has 0 aliphatic carbocycles. The number of nitrogens with one attached hydrogen (secondary N) is 2. The first kappa shape index (κ1) is 13.2. The van der Waals surface area contributed by atoms with Crippen LogP contribution in [0.25, 0.3) is 0 Å². The van der Waals surface area contributed by atoms with Gasteiger partial charge in [0.15, 0.2) is 0 Å². The molecular weight excluding hydrogens is 319 g/mol. The van der Waals surface area contributed by atoms with Gasteiger partial charge in [-0.1, -0.05) is 0 Å². The fourth-order valence-corrected chi connectivity index (χ4v) is 1.45. The second kappa shape index (κ2) is 7.45. The largest absolute Gasteiger partial charge is 0.380 e. The molecule has 0 aliphatic heterocycles. The van der Waals surface area contributed by atoms with Crippen molar-refractivity contribution in [1.29, 1.82) is 0 Å². The van der Waals surface area contributed by atoms with Crippen molar-refractivity contribution in [3.05, 3.63) is 27.8 Å². The van der Waals surface area contributed by atoms with Crippen LogP contribution in [-0.4, -0.2) is 25.8 Å². The highest BCUT2D eigenvalue weighted by molar-refractivity contribution is 14.1. The number of rotatable bonds is 5. The van der Waals surface area contributed by atoms with E-state index in [9.17, 15) is 4.79 Å². The first-order valence-electron chi connectivity index (χ1n) is 5.10. The molecule has 1 aromatic carbocycles. The Morgan fingerprint density at radius 3 is 2.69 bits per heavy atom. The van der Waals surface area contributed by atoms with E-state index in [1.54, 1.807) is 0 Å². The van der Waals surface area contributed by atoms with Crippen LogP contribution in [0, 0.1) is 3.57 Å². The zero-order valence-electron chi connectivity index (χ0n) is 9.13. The van der Waals surface area contributed by atoms with E-state index in [4.69, 9.17) is 4.74 Å². The third-order valence-corrected chi connectivity index (χ3v) is 2.56. The molecular formula is C11H15IN2O2. The van der Waals surface area contributed by atoms with Gasteiger partial charge in [-0.05, 0) is 53.8 Å². The zero-order chi connectivity index (χ0) is 11.8. The van der Waals surface area contributed by atoms with E-state index in [1.807, 2.05) is 31.2 Å². The van der Waals surface area contributed by atoms with Crippen LogP contribution in [0.15, 0.2) is 24.3 Å². The van der Waals surface area contributed by atoms with Crippen LogP contribution in [0.3, 0.4) is 0 Å². The van der Waals surface area contributed by atoms with Gasteiger partial charge in [0.05, 0.1) is 6.61 Å². The minimum atomic E-state index is -0.207. The second-order valence-corrected chi connectivity index (χ2v) is 4.33. The molecule has 0 bridgehead atoms. The molecule has 0 aromatic heterocycles. The lowest BCUT2D eigenvalue weighted by Crippen LogP contribution is -2.31. The van der Waals surface area contributed by atoms with Crippen molar-refractivity contribution < 1.29 is 9.53 Å². The molecule has 88 valence electrons. The Labute approximate surface area is 109 Å². The monoisotopic (exact) mass is 334 g/mol. The van der Waals surface area contributed by atoms with Gasteiger partial charge in [0.2, 0.25) is 0 Å². The summed E-state index contributed by atoms with van der Waals surface area (Å²) in [4.78, 5) is 11.4. The maximum Gasteiger partial charge on any atom is 0.319 e. The summed E-state index contributed by atoms with van der Waals surface area (Å²) in [7, 11) is 0. The number of hydrogen-bond acceptors (Lipinski definition) is 2. The Kier molecular flexibility index (Phi) is 6.17. The second-order valence-electron chi connectivity index (χ2n) is 3.08. The Hall–Kier alpha value is -0.820. The van der Waals surface area contributed by atoms with Crippen LogP contribution in [0.2, 0.25) is 0 Å². The number of anilines is 1. The fourth-order valence-electron chi connectivity index (χ4n) is 1.09. The van der Waals surface area contributed by atoms with Crippen molar-refractivity contribution in [2.24, 2.45) is 0 Å². The molecule has 0 heterocycles. The van der Waals surface area contributed by atoms with Crippen LogP contribution in [0.4, 0.5) is 10.5 Å². The molecule has 0 spiro atoms. The summed E-state index contributed by atoms with van der Waals surface area (Å²) < 4.78 is 6.25. The van der Waals surface area contributed by atoms with Gasteiger partial charge in [-0.2, -0.15) is 0 Å². The topological polar surface area (TPSA) is 50.4 Å². The Morgan fingerprint density at radius 1 is 1.38 bits per heavy atom. The number of carbonyl (C=O) groups excluding carboxylic acids is 1. The van der Waals surface area contributed by atoms with Gasteiger partial charge in [-0.15, -0.1) is 0 Å². The van der Waals surface area contributed by atoms with E-state index in [0.29, 0.717) is 19.8 Å². The van der Waals surface area contributed by atoms with E-state index >= 15 is 0 Å². The smallest absolute Gasteiger partial charge is 0.319 e. The van der Waals surface area contributed by atoms with Gasteiger partial charge in [-0.25, -0.2) is 4.79 Å². The van der Waals surface area contributed by atoms with Crippen LogP contribution in [-0.2, 0) is 4.74 Å². The van der Waals surface area contributed by atoms with Gasteiger partial charge in [-0.3, -0.25) is 0 Å². The SMILES string of the molecule is CCOCCNC(=O)Nc1ccc(I)cc1. The lowest BCUT2D eigenvalue weighted by atomic mass is 10.3. The van der Waals surface area contributed by atoms with Crippen LogP contribution in [0.5, 0.6) is 0 Å². The summed E-state index contributed by atoms with van der Waals surface area (Å²) in [5.41, 5.74) is 0.786. The normalized spacial score (nSPS) is 9.88. The molecule has 0 radical (unpaired) electrons. The third kappa shape index (κ3) is 5.32. The number of hydrogen-bond donors (Lipinski definition) is 2. The fraction of sp³-hybridized carbons (Fsp3) is 0.364.